The van der Waals surface area contributed by atoms with E-state index in [1.165, 1.54) is 17.8 Å². The highest BCUT2D eigenvalue weighted by molar-refractivity contribution is 7.99. The van der Waals surface area contributed by atoms with E-state index < -0.39 is 6.10 Å². The van der Waals surface area contributed by atoms with Gasteiger partial charge >= 0.3 is 0 Å². The summed E-state index contributed by atoms with van der Waals surface area (Å²) < 4.78 is 13.8. The molecular formula is C14H12ClFOS. The van der Waals surface area contributed by atoms with Crippen molar-refractivity contribution in [3.05, 3.63) is 58.9 Å². The normalized spacial score (nSPS) is 12.4. The van der Waals surface area contributed by atoms with Crippen molar-refractivity contribution in [1.29, 1.82) is 0 Å². The van der Waals surface area contributed by atoms with Crippen LogP contribution >= 0.6 is 23.4 Å². The third kappa shape index (κ3) is 3.05. The molecule has 0 saturated heterocycles. The minimum atomic E-state index is -0.706. The smallest absolute Gasteiger partial charge is 0.137 e. The lowest BCUT2D eigenvalue weighted by atomic mass is 10.1. The van der Waals surface area contributed by atoms with Crippen LogP contribution in [-0.2, 0) is 0 Å². The van der Waals surface area contributed by atoms with Crippen molar-refractivity contribution in [1.82, 2.24) is 0 Å². The van der Waals surface area contributed by atoms with Crippen LogP contribution in [0.15, 0.2) is 52.3 Å². The molecule has 2 rings (SSSR count). The molecule has 0 heterocycles. The van der Waals surface area contributed by atoms with Gasteiger partial charge in [-0.1, -0.05) is 41.6 Å². The summed E-state index contributed by atoms with van der Waals surface area (Å²) in [6.07, 6.45) is -0.706. The molecule has 0 fully saturated rings. The number of aliphatic hydroxyl groups is 1. The first-order valence-electron chi connectivity index (χ1n) is 5.48. The van der Waals surface area contributed by atoms with E-state index in [2.05, 4.69) is 0 Å². The van der Waals surface area contributed by atoms with E-state index in [0.717, 1.165) is 4.90 Å². The molecule has 0 aliphatic carbocycles. The van der Waals surface area contributed by atoms with Crippen molar-refractivity contribution in [3.63, 3.8) is 0 Å². The van der Waals surface area contributed by atoms with Crippen LogP contribution in [0.3, 0.4) is 0 Å². The van der Waals surface area contributed by atoms with Crippen molar-refractivity contribution >= 4 is 23.4 Å². The van der Waals surface area contributed by atoms with E-state index in [9.17, 15) is 9.50 Å². The van der Waals surface area contributed by atoms with Gasteiger partial charge in [0.2, 0.25) is 0 Å². The predicted molar refractivity (Wildman–Crippen MR) is 72.6 cm³/mol. The molecule has 1 N–H and O–H groups in total. The summed E-state index contributed by atoms with van der Waals surface area (Å²) in [5, 5.41) is 10.3. The Kier molecular flexibility index (Phi) is 4.27. The van der Waals surface area contributed by atoms with Gasteiger partial charge in [-0.25, -0.2) is 4.39 Å². The number of benzene rings is 2. The Bertz CT molecular complexity index is 557. The van der Waals surface area contributed by atoms with Gasteiger partial charge in [-0.3, -0.25) is 0 Å². The highest BCUT2D eigenvalue weighted by atomic mass is 35.5. The molecule has 4 heteroatoms. The molecule has 0 aliphatic heterocycles. The Labute approximate surface area is 115 Å². The summed E-state index contributed by atoms with van der Waals surface area (Å²) in [5.74, 6) is -0.335. The van der Waals surface area contributed by atoms with Gasteiger partial charge in [0.05, 0.1) is 11.0 Å². The number of hydrogen-bond donors (Lipinski definition) is 1. The molecule has 0 spiro atoms. The Hall–Kier alpha value is -1.03. The maximum Gasteiger partial charge on any atom is 0.137 e. The molecular weight excluding hydrogens is 271 g/mol. The summed E-state index contributed by atoms with van der Waals surface area (Å²) in [7, 11) is 0. The zero-order chi connectivity index (χ0) is 13.1. The Balaban J connectivity index is 2.39. The molecule has 2 aromatic carbocycles. The predicted octanol–water partition coefficient (Wildman–Crippen LogP) is 4.68. The first kappa shape index (κ1) is 13.4. The fraction of sp³-hybridized carbons (Fsp3) is 0.143. The van der Waals surface area contributed by atoms with Gasteiger partial charge in [-0.15, -0.1) is 0 Å². The lowest BCUT2D eigenvalue weighted by Crippen LogP contribution is -1.96. The lowest BCUT2D eigenvalue weighted by molar-refractivity contribution is 0.195. The van der Waals surface area contributed by atoms with Crippen molar-refractivity contribution < 1.29 is 9.50 Å². The van der Waals surface area contributed by atoms with Crippen LogP contribution in [0.25, 0.3) is 0 Å². The zero-order valence-electron chi connectivity index (χ0n) is 9.73. The summed E-state index contributed by atoms with van der Waals surface area (Å²) in [4.78, 5) is 1.28. The van der Waals surface area contributed by atoms with Gasteiger partial charge in [-0.2, -0.15) is 0 Å². The quantitative estimate of drug-likeness (QED) is 0.882. The Morgan fingerprint density at radius 2 is 1.94 bits per heavy atom. The molecule has 0 amide bonds. The van der Waals surface area contributed by atoms with Crippen LogP contribution in [0.4, 0.5) is 4.39 Å². The first-order chi connectivity index (χ1) is 8.58. The van der Waals surface area contributed by atoms with E-state index in [0.29, 0.717) is 15.5 Å². The molecule has 0 aliphatic rings. The van der Waals surface area contributed by atoms with Crippen LogP contribution in [0, 0.1) is 5.82 Å². The summed E-state index contributed by atoms with van der Waals surface area (Å²) in [6.45, 7) is 1.62. The number of hydrogen-bond acceptors (Lipinski definition) is 2. The summed E-state index contributed by atoms with van der Waals surface area (Å²) in [5.41, 5.74) is 0.583. The molecule has 1 nitrogen and oxygen atoms in total. The molecule has 2 aromatic rings. The second-order valence-corrected chi connectivity index (χ2v) is 5.41. The van der Waals surface area contributed by atoms with E-state index >= 15 is 0 Å². The average molecular weight is 283 g/mol. The van der Waals surface area contributed by atoms with Crippen molar-refractivity contribution in [2.45, 2.75) is 22.8 Å². The van der Waals surface area contributed by atoms with Crippen LogP contribution in [0.2, 0.25) is 5.02 Å². The number of rotatable bonds is 3. The average Bonchev–Trinajstić information content (AvgIpc) is 2.31. The standard InChI is InChI=1S/C14H12ClFOS/c1-9(17)12-6-3-7-13(16)14(12)18-11-5-2-4-10(15)8-11/h2-9,17H,1H3/t9-/m1/s1. The van der Waals surface area contributed by atoms with Gasteiger partial charge in [0.1, 0.15) is 5.82 Å². The lowest BCUT2D eigenvalue weighted by Gasteiger charge is -2.12. The fourth-order valence-corrected chi connectivity index (χ4v) is 2.96. The van der Waals surface area contributed by atoms with Gasteiger partial charge in [-0.05, 0) is 36.8 Å². The summed E-state index contributed by atoms with van der Waals surface area (Å²) in [6, 6.07) is 11.9. The highest BCUT2D eigenvalue weighted by Crippen LogP contribution is 2.36. The molecule has 0 radical (unpaired) electrons. The van der Waals surface area contributed by atoms with Crippen molar-refractivity contribution in [2.24, 2.45) is 0 Å². The third-order valence-electron chi connectivity index (χ3n) is 2.46. The topological polar surface area (TPSA) is 20.2 Å². The maximum atomic E-state index is 13.8. The van der Waals surface area contributed by atoms with E-state index in [4.69, 9.17) is 11.6 Å². The number of halogens is 2. The number of aliphatic hydroxyl groups excluding tert-OH is 1. The van der Waals surface area contributed by atoms with Crippen LogP contribution in [-0.4, -0.2) is 5.11 Å². The van der Waals surface area contributed by atoms with E-state index in [-0.39, 0.29) is 5.82 Å². The second kappa shape index (κ2) is 5.74. The van der Waals surface area contributed by atoms with Gasteiger partial charge in [0, 0.05) is 9.92 Å². The molecule has 1 atom stereocenters. The largest absolute Gasteiger partial charge is 0.389 e. The van der Waals surface area contributed by atoms with Crippen LogP contribution < -0.4 is 0 Å². The fourth-order valence-electron chi connectivity index (χ4n) is 1.61. The Morgan fingerprint density at radius 3 is 2.61 bits per heavy atom. The van der Waals surface area contributed by atoms with E-state index in [1.807, 2.05) is 12.1 Å². The van der Waals surface area contributed by atoms with Crippen LogP contribution in [0.1, 0.15) is 18.6 Å². The highest BCUT2D eigenvalue weighted by Gasteiger charge is 2.13. The van der Waals surface area contributed by atoms with Gasteiger partial charge in [0.15, 0.2) is 0 Å². The summed E-state index contributed by atoms with van der Waals surface area (Å²) >= 11 is 7.16. The van der Waals surface area contributed by atoms with Crippen LogP contribution in [0.5, 0.6) is 0 Å². The molecule has 0 bridgehead atoms. The van der Waals surface area contributed by atoms with Crippen molar-refractivity contribution in [3.8, 4) is 0 Å². The Morgan fingerprint density at radius 1 is 1.22 bits per heavy atom. The molecule has 0 saturated carbocycles. The minimum absolute atomic E-state index is 0.335. The third-order valence-corrected chi connectivity index (χ3v) is 3.82. The molecule has 0 unspecified atom stereocenters. The van der Waals surface area contributed by atoms with Gasteiger partial charge < -0.3 is 5.11 Å². The van der Waals surface area contributed by atoms with Crippen molar-refractivity contribution in [2.75, 3.05) is 0 Å². The minimum Gasteiger partial charge on any atom is -0.389 e. The molecule has 94 valence electrons. The van der Waals surface area contributed by atoms with E-state index in [1.54, 1.807) is 31.2 Å². The van der Waals surface area contributed by atoms with Gasteiger partial charge in [0.25, 0.3) is 0 Å². The molecule has 18 heavy (non-hydrogen) atoms. The first-order valence-corrected chi connectivity index (χ1v) is 6.67. The monoisotopic (exact) mass is 282 g/mol. The molecule has 0 aromatic heterocycles. The SMILES string of the molecule is C[C@@H](O)c1cccc(F)c1Sc1cccc(Cl)c1. The zero-order valence-corrected chi connectivity index (χ0v) is 11.3. The maximum absolute atomic E-state index is 13.8. The second-order valence-electron chi connectivity index (χ2n) is 3.89.